The number of hydrogen-bond donors (Lipinski definition) is 1. The molecule has 4 unspecified atom stereocenters. The average molecular weight is 242 g/mol. The van der Waals surface area contributed by atoms with Crippen molar-refractivity contribution in [2.75, 3.05) is 32.7 Å². The van der Waals surface area contributed by atoms with Gasteiger partial charge in [-0.25, -0.2) is 0 Å². The van der Waals surface area contributed by atoms with Gasteiger partial charge in [-0.1, -0.05) is 0 Å². The lowest BCUT2D eigenvalue weighted by molar-refractivity contribution is -0.0773. The maximum atomic E-state index is 5.91. The van der Waals surface area contributed by atoms with E-state index in [2.05, 4.69) is 31.0 Å². The molecule has 0 amide bonds. The van der Waals surface area contributed by atoms with Crippen molar-refractivity contribution < 1.29 is 9.47 Å². The molecule has 4 heteroatoms. The molecule has 2 saturated heterocycles. The molecule has 1 N–H and O–H groups in total. The predicted molar refractivity (Wildman–Crippen MR) is 68.3 cm³/mol. The topological polar surface area (TPSA) is 33.7 Å². The molecule has 4 atom stereocenters. The minimum atomic E-state index is 0.358. The van der Waals surface area contributed by atoms with Crippen LogP contribution in [0.1, 0.15) is 27.2 Å². The zero-order valence-electron chi connectivity index (χ0n) is 11.3. The van der Waals surface area contributed by atoms with E-state index in [0.29, 0.717) is 24.4 Å². The second kappa shape index (κ2) is 6.14. The first-order chi connectivity index (χ1) is 8.13. The number of ether oxygens (including phenoxy) is 2. The van der Waals surface area contributed by atoms with E-state index in [4.69, 9.17) is 9.47 Å². The number of nitrogens with one attached hydrogen (secondary N) is 1. The monoisotopic (exact) mass is 242 g/mol. The molecular weight excluding hydrogens is 216 g/mol. The number of nitrogens with zero attached hydrogens (tertiary/aromatic N) is 1. The minimum absolute atomic E-state index is 0.358. The first kappa shape index (κ1) is 13.3. The second-order valence-electron chi connectivity index (χ2n) is 5.53. The lowest BCUT2D eigenvalue weighted by Gasteiger charge is -2.36. The Balaban J connectivity index is 1.70. The first-order valence-corrected chi connectivity index (χ1v) is 6.87. The van der Waals surface area contributed by atoms with Gasteiger partial charge in [0.1, 0.15) is 0 Å². The van der Waals surface area contributed by atoms with Crippen LogP contribution in [0, 0.1) is 0 Å². The number of rotatable bonds is 3. The van der Waals surface area contributed by atoms with Crippen LogP contribution in [0.4, 0.5) is 0 Å². The van der Waals surface area contributed by atoms with Crippen LogP contribution in [0.3, 0.4) is 0 Å². The summed E-state index contributed by atoms with van der Waals surface area (Å²) in [6.07, 6.45) is 2.59. The summed E-state index contributed by atoms with van der Waals surface area (Å²) in [5.41, 5.74) is 0. The summed E-state index contributed by atoms with van der Waals surface area (Å²) >= 11 is 0. The summed E-state index contributed by atoms with van der Waals surface area (Å²) in [7, 11) is 0. The van der Waals surface area contributed by atoms with Crippen LogP contribution in [-0.2, 0) is 9.47 Å². The van der Waals surface area contributed by atoms with Gasteiger partial charge in [0.05, 0.1) is 24.4 Å². The average Bonchev–Trinajstić information content (AvgIpc) is 2.25. The Kier molecular flexibility index (Phi) is 4.79. The van der Waals surface area contributed by atoms with Gasteiger partial charge >= 0.3 is 0 Å². The van der Waals surface area contributed by atoms with Crippen molar-refractivity contribution >= 4 is 0 Å². The molecule has 0 saturated carbocycles. The lowest BCUT2D eigenvalue weighted by atomic mass is 10.1. The highest BCUT2D eigenvalue weighted by Crippen LogP contribution is 2.13. The van der Waals surface area contributed by atoms with Gasteiger partial charge in [-0.3, -0.25) is 4.90 Å². The predicted octanol–water partition coefficient (Wildman–Crippen LogP) is 0.863. The van der Waals surface area contributed by atoms with Crippen molar-refractivity contribution in [2.45, 2.75) is 51.6 Å². The Labute approximate surface area is 105 Å². The third-order valence-electron chi connectivity index (χ3n) is 3.49. The summed E-state index contributed by atoms with van der Waals surface area (Å²) in [5, 5.41) is 3.42. The maximum absolute atomic E-state index is 5.91. The molecular formula is C13H26N2O2. The SMILES string of the molecule is CC1CN(CCC2CNCC(C)O2)CC(C)O1. The van der Waals surface area contributed by atoms with Crippen molar-refractivity contribution in [1.29, 1.82) is 0 Å². The third kappa shape index (κ3) is 4.21. The van der Waals surface area contributed by atoms with E-state index in [1.54, 1.807) is 0 Å². The Bertz CT molecular complexity index is 227. The molecule has 0 radical (unpaired) electrons. The zero-order chi connectivity index (χ0) is 12.3. The van der Waals surface area contributed by atoms with E-state index in [0.717, 1.165) is 39.1 Å². The van der Waals surface area contributed by atoms with Crippen molar-refractivity contribution in [1.82, 2.24) is 10.2 Å². The van der Waals surface area contributed by atoms with Crippen LogP contribution < -0.4 is 5.32 Å². The van der Waals surface area contributed by atoms with Crippen LogP contribution in [0.25, 0.3) is 0 Å². The van der Waals surface area contributed by atoms with Crippen LogP contribution in [0.15, 0.2) is 0 Å². The fourth-order valence-electron chi connectivity index (χ4n) is 2.84. The molecule has 0 bridgehead atoms. The van der Waals surface area contributed by atoms with Crippen LogP contribution in [0.5, 0.6) is 0 Å². The molecule has 0 aromatic rings. The molecule has 0 aromatic heterocycles. The van der Waals surface area contributed by atoms with E-state index in [9.17, 15) is 0 Å². The van der Waals surface area contributed by atoms with Gasteiger partial charge in [0, 0.05) is 32.7 Å². The molecule has 2 fully saturated rings. The summed E-state index contributed by atoms with van der Waals surface area (Å²) in [6, 6.07) is 0. The summed E-state index contributed by atoms with van der Waals surface area (Å²) in [4.78, 5) is 2.50. The smallest absolute Gasteiger partial charge is 0.0715 e. The molecule has 2 aliphatic heterocycles. The van der Waals surface area contributed by atoms with Gasteiger partial charge in [0.2, 0.25) is 0 Å². The van der Waals surface area contributed by atoms with Crippen molar-refractivity contribution in [2.24, 2.45) is 0 Å². The van der Waals surface area contributed by atoms with Crippen molar-refractivity contribution in [3.8, 4) is 0 Å². The number of morpholine rings is 2. The maximum Gasteiger partial charge on any atom is 0.0715 e. The van der Waals surface area contributed by atoms with Gasteiger partial charge < -0.3 is 14.8 Å². The largest absolute Gasteiger partial charge is 0.373 e. The summed E-state index contributed by atoms with van der Waals surface area (Å²) in [5.74, 6) is 0. The molecule has 4 nitrogen and oxygen atoms in total. The highest BCUT2D eigenvalue weighted by molar-refractivity contribution is 4.77. The first-order valence-electron chi connectivity index (χ1n) is 6.87. The second-order valence-corrected chi connectivity index (χ2v) is 5.53. The Morgan fingerprint density at radius 1 is 1.00 bits per heavy atom. The molecule has 2 heterocycles. The van der Waals surface area contributed by atoms with Crippen LogP contribution in [0.2, 0.25) is 0 Å². The Morgan fingerprint density at radius 2 is 1.71 bits per heavy atom. The summed E-state index contributed by atoms with van der Waals surface area (Å²) in [6.45, 7) is 11.7. The molecule has 100 valence electrons. The lowest BCUT2D eigenvalue weighted by Crippen LogP contribution is -2.48. The minimum Gasteiger partial charge on any atom is -0.373 e. The summed E-state index contributed by atoms with van der Waals surface area (Å²) < 4.78 is 11.7. The normalized spacial score (nSPS) is 40.4. The van der Waals surface area contributed by atoms with E-state index < -0.39 is 0 Å². The van der Waals surface area contributed by atoms with Crippen molar-refractivity contribution in [3.05, 3.63) is 0 Å². The molecule has 0 aromatic carbocycles. The van der Waals surface area contributed by atoms with Gasteiger partial charge in [-0.05, 0) is 27.2 Å². The van der Waals surface area contributed by atoms with Gasteiger partial charge in [0.25, 0.3) is 0 Å². The quantitative estimate of drug-likeness (QED) is 0.796. The standard InChI is InChI=1S/C13H26N2O2/c1-10-6-14-7-13(17-10)4-5-15-8-11(2)16-12(3)9-15/h10-14H,4-9H2,1-3H3. The van der Waals surface area contributed by atoms with E-state index in [1.165, 1.54) is 0 Å². The third-order valence-corrected chi connectivity index (χ3v) is 3.49. The van der Waals surface area contributed by atoms with Gasteiger partial charge in [-0.15, -0.1) is 0 Å². The Morgan fingerprint density at radius 3 is 2.35 bits per heavy atom. The zero-order valence-corrected chi connectivity index (χ0v) is 11.3. The fourth-order valence-corrected chi connectivity index (χ4v) is 2.84. The molecule has 0 aliphatic carbocycles. The van der Waals surface area contributed by atoms with Crippen LogP contribution >= 0.6 is 0 Å². The van der Waals surface area contributed by atoms with Gasteiger partial charge in [-0.2, -0.15) is 0 Å². The highest BCUT2D eigenvalue weighted by atomic mass is 16.5. The van der Waals surface area contributed by atoms with E-state index in [-0.39, 0.29) is 0 Å². The van der Waals surface area contributed by atoms with E-state index in [1.807, 2.05) is 0 Å². The van der Waals surface area contributed by atoms with Crippen molar-refractivity contribution in [3.63, 3.8) is 0 Å². The molecule has 2 rings (SSSR count). The van der Waals surface area contributed by atoms with E-state index >= 15 is 0 Å². The number of hydrogen-bond acceptors (Lipinski definition) is 4. The Hall–Kier alpha value is -0.160. The molecule has 0 spiro atoms. The molecule has 17 heavy (non-hydrogen) atoms. The van der Waals surface area contributed by atoms with Crippen LogP contribution in [-0.4, -0.2) is 62.0 Å². The fraction of sp³-hybridized carbons (Fsp3) is 1.00. The molecule has 2 aliphatic rings. The highest BCUT2D eigenvalue weighted by Gasteiger charge is 2.24. The van der Waals surface area contributed by atoms with Gasteiger partial charge in [0.15, 0.2) is 0 Å².